The molecule has 1 heterocycles. The fourth-order valence-corrected chi connectivity index (χ4v) is 1.48. The molecule has 0 aliphatic carbocycles. The number of hydrogen-bond donors (Lipinski definition) is 0. The summed E-state index contributed by atoms with van der Waals surface area (Å²) in [4.78, 5) is 24.4. The molecule has 3 heteroatoms. The fourth-order valence-electron chi connectivity index (χ4n) is 1.48. The van der Waals surface area contributed by atoms with E-state index in [2.05, 4.69) is 0 Å². The van der Waals surface area contributed by atoms with Gasteiger partial charge in [0.05, 0.1) is 0 Å². The lowest BCUT2D eigenvalue weighted by atomic mass is 10.1. The van der Waals surface area contributed by atoms with Crippen molar-refractivity contribution in [1.29, 1.82) is 0 Å². The van der Waals surface area contributed by atoms with E-state index in [4.69, 9.17) is 0 Å². The molecule has 0 bridgehead atoms. The van der Waals surface area contributed by atoms with Gasteiger partial charge in [-0.1, -0.05) is 18.2 Å². The number of allylic oxidation sites excluding steroid dienone is 1. The largest absolute Gasteiger partial charge is 0.314 e. The van der Waals surface area contributed by atoms with E-state index in [0.29, 0.717) is 18.5 Å². The van der Waals surface area contributed by atoms with Gasteiger partial charge in [0.25, 0.3) is 5.91 Å². The molecule has 0 spiro atoms. The first-order valence-electron chi connectivity index (χ1n) is 4.84. The van der Waals surface area contributed by atoms with E-state index in [1.165, 1.54) is 6.08 Å². The minimum atomic E-state index is -0.0562. The zero-order valence-electron chi connectivity index (χ0n) is 8.22. The highest BCUT2D eigenvalue weighted by Crippen LogP contribution is 2.09. The third-order valence-electron chi connectivity index (χ3n) is 2.32. The lowest BCUT2D eigenvalue weighted by Gasteiger charge is -2.20. The van der Waals surface area contributed by atoms with Crippen LogP contribution in [0.5, 0.6) is 0 Å². The quantitative estimate of drug-likeness (QED) is 0.692. The average Bonchev–Trinajstić information content (AvgIpc) is 2.30. The van der Waals surface area contributed by atoms with E-state index in [0.717, 1.165) is 0 Å². The van der Waals surface area contributed by atoms with Gasteiger partial charge in [0.2, 0.25) is 0 Å². The number of ketones is 1. The van der Waals surface area contributed by atoms with Crippen LogP contribution >= 0.6 is 0 Å². The lowest BCUT2D eigenvalue weighted by molar-refractivity contribution is -0.115. The second-order valence-corrected chi connectivity index (χ2v) is 3.40. The summed E-state index contributed by atoms with van der Waals surface area (Å²) >= 11 is 0. The Labute approximate surface area is 88.0 Å². The van der Waals surface area contributed by atoms with Crippen LogP contribution in [0.2, 0.25) is 0 Å². The molecule has 0 unspecified atom stereocenters. The van der Waals surface area contributed by atoms with Crippen LogP contribution < -0.4 is 0 Å². The lowest BCUT2D eigenvalue weighted by Crippen LogP contribution is -2.30. The van der Waals surface area contributed by atoms with Crippen molar-refractivity contribution in [2.24, 2.45) is 0 Å². The number of benzene rings is 1. The average molecular weight is 201 g/mol. The monoisotopic (exact) mass is 201 g/mol. The van der Waals surface area contributed by atoms with Gasteiger partial charge in [0, 0.05) is 24.7 Å². The molecule has 1 amide bonds. The SMILES string of the molecule is O=C1C=CN(C(=O)c2ccccc2)CC1. The van der Waals surface area contributed by atoms with Crippen LogP contribution in [0, 0.1) is 0 Å². The van der Waals surface area contributed by atoms with Gasteiger partial charge in [0.15, 0.2) is 5.78 Å². The number of amides is 1. The van der Waals surface area contributed by atoms with Crippen molar-refractivity contribution in [1.82, 2.24) is 4.90 Å². The van der Waals surface area contributed by atoms with E-state index in [1.807, 2.05) is 18.2 Å². The van der Waals surface area contributed by atoms with Crippen LogP contribution in [0.25, 0.3) is 0 Å². The molecule has 0 aromatic heterocycles. The van der Waals surface area contributed by atoms with Crippen LogP contribution in [0.15, 0.2) is 42.6 Å². The summed E-state index contributed by atoms with van der Waals surface area (Å²) in [6.07, 6.45) is 3.42. The zero-order valence-corrected chi connectivity index (χ0v) is 8.22. The van der Waals surface area contributed by atoms with Crippen LogP contribution in [-0.2, 0) is 4.79 Å². The Bertz CT molecular complexity index is 409. The normalized spacial score (nSPS) is 15.5. The van der Waals surface area contributed by atoms with Gasteiger partial charge in [-0.15, -0.1) is 0 Å². The number of carbonyl (C=O) groups excluding carboxylic acids is 2. The molecule has 15 heavy (non-hydrogen) atoms. The van der Waals surface area contributed by atoms with Crippen LogP contribution in [0.1, 0.15) is 16.8 Å². The van der Waals surface area contributed by atoms with E-state index in [1.54, 1.807) is 23.2 Å². The van der Waals surface area contributed by atoms with Crippen LogP contribution in [-0.4, -0.2) is 23.1 Å². The standard InChI is InChI=1S/C12H11NO2/c14-11-6-8-13(9-7-11)12(15)10-4-2-1-3-5-10/h1-6,8H,7,9H2. The topological polar surface area (TPSA) is 37.4 Å². The van der Waals surface area contributed by atoms with Gasteiger partial charge in [-0.25, -0.2) is 0 Å². The predicted molar refractivity (Wildman–Crippen MR) is 56.2 cm³/mol. The number of nitrogens with zero attached hydrogens (tertiary/aromatic N) is 1. The summed E-state index contributed by atoms with van der Waals surface area (Å²) in [6, 6.07) is 9.06. The molecule has 0 saturated carbocycles. The summed E-state index contributed by atoms with van der Waals surface area (Å²) in [6.45, 7) is 0.475. The Morgan fingerprint density at radius 3 is 2.53 bits per heavy atom. The molecule has 0 fully saturated rings. The van der Waals surface area contributed by atoms with Gasteiger partial charge in [-0.2, -0.15) is 0 Å². The van der Waals surface area contributed by atoms with Gasteiger partial charge in [0.1, 0.15) is 0 Å². The molecule has 1 aliphatic rings. The first-order chi connectivity index (χ1) is 7.27. The maximum atomic E-state index is 11.9. The highest BCUT2D eigenvalue weighted by molar-refractivity contribution is 5.97. The minimum Gasteiger partial charge on any atom is -0.314 e. The van der Waals surface area contributed by atoms with Crippen molar-refractivity contribution in [3.63, 3.8) is 0 Å². The van der Waals surface area contributed by atoms with Gasteiger partial charge in [-0.3, -0.25) is 9.59 Å². The van der Waals surface area contributed by atoms with Gasteiger partial charge >= 0.3 is 0 Å². The number of rotatable bonds is 1. The third-order valence-corrected chi connectivity index (χ3v) is 2.32. The van der Waals surface area contributed by atoms with Crippen molar-refractivity contribution >= 4 is 11.7 Å². The summed E-state index contributed by atoms with van der Waals surface area (Å²) in [7, 11) is 0. The van der Waals surface area contributed by atoms with Crippen LogP contribution in [0.4, 0.5) is 0 Å². The Kier molecular flexibility index (Phi) is 2.63. The maximum absolute atomic E-state index is 11.9. The smallest absolute Gasteiger partial charge is 0.257 e. The highest BCUT2D eigenvalue weighted by atomic mass is 16.2. The van der Waals surface area contributed by atoms with E-state index >= 15 is 0 Å². The van der Waals surface area contributed by atoms with Crippen molar-refractivity contribution in [3.05, 3.63) is 48.2 Å². The summed E-state index contributed by atoms with van der Waals surface area (Å²) in [5.41, 5.74) is 0.650. The molecule has 0 atom stereocenters. The van der Waals surface area contributed by atoms with Gasteiger partial charge < -0.3 is 4.90 Å². The van der Waals surface area contributed by atoms with Crippen molar-refractivity contribution in [3.8, 4) is 0 Å². The van der Waals surface area contributed by atoms with Crippen LogP contribution in [0.3, 0.4) is 0 Å². The first-order valence-corrected chi connectivity index (χ1v) is 4.84. The maximum Gasteiger partial charge on any atom is 0.257 e. The van der Waals surface area contributed by atoms with E-state index in [9.17, 15) is 9.59 Å². The predicted octanol–water partition coefficient (Wildman–Crippen LogP) is 1.62. The Morgan fingerprint density at radius 2 is 1.93 bits per heavy atom. The molecule has 1 aliphatic heterocycles. The summed E-state index contributed by atoms with van der Waals surface area (Å²) in [5, 5.41) is 0. The summed E-state index contributed by atoms with van der Waals surface area (Å²) in [5.74, 6) is 0.0199. The second-order valence-electron chi connectivity index (χ2n) is 3.40. The van der Waals surface area contributed by atoms with E-state index in [-0.39, 0.29) is 11.7 Å². The van der Waals surface area contributed by atoms with Crippen molar-refractivity contribution in [2.75, 3.05) is 6.54 Å². The molecule has 1 aromatic rings. The minimum absolute atomic E-state index is 0.0562. The van der Waals surface area contributed by atoms with Crippen molar-refractivity contribution < 1.29 is 9.59 Å². The molecule has 1 aromatic carbocycles. The van der Waals surface area contributed by atoms with Crippen molar-refractivity contribution in [2.45, 2.75) is 6.42 Å². The fraction of sp³-hybridized carbons (Fsp3) is 0.167. The van der Waals surface area contributed by atoms with E-state index < -0.39 is 0 Å². The second kappa shape index (κ2) is 4.09. The molecule has 76 valence electrons. The molecular formula is C12H11NO2. The summed E-state index contributed by atoms with van der Waals surface area (Å²) < 4.78 is 0. The number of carbonyl (C=O) groups is 2. The Morgan fingerprint density at radius 1 is 1.20 bits per heavy atom. The molecule has 3 nitrogen and oxygen atoms in total. The molecule has 0 radical (unpaired) electrons. The highest BCUT2D eigenvalue weighted by Gasteiger charge is 2.16. The molecular weight excluding hydrogens is 190 g/mol. The molecule has 2 rings (SSSR count). The first kappa shape index (κ1) is 9.65. The Balaban J connectivity index is 2.16. The molecule has 0 N–H and O–H groups in total. The Hall–Kier alpha value is -1.90. The zero-order chi connectivity index (χ0) is 10.7. The molecule has 0 saturated heterocycles. The van der Waals surface area contributed by atoms with Gasteiger partial charge in [-0.05, 0) is 18.2 Å². The third kappa shape index (κ3) is 2.13. The number of hydrogen-bond acceptors (Lipinski definition) is 2.